The number of hydrogen-bond donors (Lipinski definition) is 1. The van der Waals surface area contributed by atoms with Crippen LogP contribution in [0.4, 0.5) is 10.5 Å². The first-order chi connectivity index (χ1) is 19.9. The lowest BCUT2D eigenvalue weighted by molar-refractivity contribution is -0.122. The molecule has 1 aliphatic rings. The van der Waals surface area contributed by atoms with Gasteiger partial charge in [0.05, 0.1) is 32.6 Å². The van der Waals surface area contributed by atoms with Gasteiger partial charge in [-0.05, 0) is 74.0 Å². The van der Waals surface area contributed by atoms with Gasteiger partial charge in [0.15, 0.2) is 11.5 Å². The number of urea groups is 1. The largest absolute Gasteiger partial charge is 0.497 e. The second kappa shape index (κ2) is 14.0. The highest BCUT2D eigenvalue weighted by Gasteiger charge is 2.36. The third-order valence-electron chi connectivity index (χ3n) is 6.01. The number of carbonyl (C=O) groups is 3. The van der Waals surface area contributed by atoms with E-state index in [1.54, 1.807) is 42.5 Å². The van der Waals surface area contributed by atoms with Crippen LogP contribution in [0.1, 0.15) is 18.1 Å². The van der Waals surface area contributed by atoms with Gasteiger partial charge in [-0.3, -0.25) is 14.9 Å². The van der Waals surface area contributed by atoms with Crippen molar-refractivity contribution in [2.45, 2.75) is 13.8 Å². The molecular weight excluding hydrogens is 528 g/mol. The van der Waals surface area contributed by atoms with Gasteiger partial charge < -0.3 is 23.7 Å². The predicted molar refractivity (Wildman–Crippen MR) is 153 cm³/mol. The average Bonchev–Trinajstić information content (AvgIpc) is 2.97. The summed E-state index contributed by atoms with van der Waals surface area (Å²) in [7, 11) is 1.51. The van der Waals surface area contributed by atoms with Crippen molar-refractivity contribution in [3.63, 3.8) is 0 Å². The Kier molecular flexibility index (Phi) is 9.95. The number of benzene rings is 3. The number of ether oxygens (including phenoxy) is 5. The number of nitrogens with one attached hydrogen (secondary N) is 1. The minimum atomic E-state index is -0.829. The summed E-state index contributed by atoms with van der Waals surface area (Å²) in [6.45, 7) is 5.69. The molecule has 3 aromatic carbocycles. The summed E-state index contributed by atoms with van der Waals surface area (Å²) >= 11 is 0. The summed E-state index contributed by atoms with van der Waals surface area (Å²) in [5.74, 6) is 0.755. The first kappa shape index (κ1) is 29.2. The molecule has 1 saturated heterocycles. The van der Waals surface area contributed by atoms with Crippen molar-refractivity contribution in [3.8, 4) is 23.0 Å². The molecular formula is C31H32N2O8. The lowest BCUT2D eigenvalue weighted by atomic mass is 10.1. The van der Waals surface area contributed by atoms with E-state index >= 15 is 0 Å². The van der Waals surface area contributed by atoms with Gasteiger partial charge in [0, 0.05) is 0 Å². The summed E-state index contributed by atoms with van der Waals surface area (Å²) in [4.78, 5) is 39.1. The Bertz CT molecular complexity index is 1400. The average molecular weight is 561 g/mol. The van der Waals surface area contributed by atoms with Gasteiger partial charge in [-0.2, -0.15) is 0 Å². The number of nitrogens with zero attached hydrogens (tertiary/aromatic N) is 1. The lowest BCUT2D eigenvalue weighted by Crippen LogP contribution is -2.54. The number of barbiturate groups is 1. The molecule has 0 unspecified atom stereocenters. The maximum Gasteiger partial charge on any atom is 0.335 e. The van der Waals surface area contributed by atoms with E-state index in [-0.39, 0.29) is 12.2 Å². The highest BCUT2D eigenvalue weighted by molar-refractivity contribution is 6.39. The molecule has 4 amide bonds. The Morgan fingerprint density at radius 1 is 0.780 bits per heavy atom. The Labute approximate surface area is 238 Å². The smallest absolute Gasteiger partial charge is 0.335 e. The molecule has 0 aromatic heterocycles. The van der Waals surface area contributed by atoms with Crippen molar-refractivity contribution in [3.05, 3.63) is 83.4 Å². The predicted octanol–water partition coefficient (Wildman–Crippen LogP) is 4.54. The van der Waals surface area contributed by atoms with E-state index in [0.29, 0.717) is 54.9 Å². The summed E-state index contributed by atoms with van der Waals surface area (Å²) in [5, 5.41) is 2.22. The monoisotopic (exact) mass is 560 g/mol. The minimum Gasteiger partial charge on any atom is -0.497 e. The maximum absolute atomic E-state index is 13.2. The molecule has 3 aromatic rings. The normalized spacial score (nSPS) is 14.2. The molecule has 1 fully saturated rings. The zero-order valence-electron chi connectivity index (χ0n) is 23.2. The van der Waals surface area contributed by atoms with Crippen molar-refractivity contribution in [2.75, 3.05) is 45.0 Å². The minimum absolute atomic E-state index is 0.196. The fraction of sp³-hybridized carbons (Fsp3) is 0.258. The van der Waals surface area contributed by atoms with Crippen LogP contribution >= 0.6 is 0 Å². The standard InChI is InChI=1S/C31H32N2O8/c1-4-39-28-20-22(7-14-27(28)41-18-16-38-15-17-40-25-10-5-21(2)6-11-25)19-26-29(34)32-31(36)33(30(26)35)23-8-12-24(37-3)13-9-23/h5-14,19-20H,4,15-18H2,1-3H3,(H,32,34,36)/b26-19-. The molecule has 1 aliphatic heterocycles. The van der Waals surface area contributed by atoms with Gasteiger partial charge in [0.2, 0.25) is 0 Å². The maximum atomic E-state index is 13.2. The van der Waals surface area contributed by atoms with Gasteiger partial charge in [0.25, 0.3) is 11.8 Å². The molecule has 0 spiro atoms. The van der Waals surface area contributed by atoms with E-state index in [0.717, 1.165) is 10.6 Å². The Morgan fingerprint density at radius 2 is 1.46 bits per heavy atom. The van der Waals surface area contributed by atoms with Crippen molar-refractivity contribution in [1.82, 2.24) is 5.32 Å². The summed E-state index contributed by atoms with van der Waals surface area (Å²) in [6, 6.07) is 18.4. The van der Waals surface area contributed by atoms with Crippen LogP contribution in [0.25, 0.3) is 6.08 Å². The fourth-order valence-electron chi connectivity index (χ4n) is 3.96. The van der Waals surface area contributed by atoms with E-state index in [1.807, 2.05) is 38.1 Å². The molecule has 1 N–H and O–H groups in total. The Hall–Kier alpha value is -4.83. The van der Waals surface area contributed by atoms with Gasteiger partial charge in [0.1, 0.15) is 30.3 Å². The third-order valence-corrected chi connectivity index (χ3v) is 6.01. The zero-order valence-corrected chi connectivity index (χ0v) is 23.2. The van der Waals surface area contributed by atoms with Gasteiger partial charge in [-0.1, -0.05) is 23.8 Å². The summed E-state index contributed by atoms with van der Waals surface area (Å²) in [5.41, 5.74) is 1.79. The number of aryl methyl sites for hydroxylation is 1. The van der Waals surface area contributed by atoms with Gasteiger partial charge in [-0.15, -0.1) is 0 Å². The molecule has 0 radical (unpaired) electrons. The van der Waals surface area contributed by atoms with Crippen LogP contribution in [0.3, 0.4) is 0 Å². The molecule has 10 nitrogen and oxygen atoms in total. The first-order valence-corrected chi connectivity index (χ1v) is 13.1. The van der Waals surface area contributed by atoms with Crippen molar-refractivity contribution in [1.29, 1.82) is 0 Å². The van der Waals surface area contributed by atoms with Crippen molar-refractivity contribution >= 4 is 29.6 Å². The van der Waals surface area contributed by atoms with Crippen molar-refractivity contribution in [2.24, 2.45) is 0 Å². The van der Waals surface area contributed by atoms with Gasteiger partial charge >= 0.3 is 6.03 Å². The third kappa shape index (κ3) is 7.64. The molecule has 41 heavy (non-hydrogen) atoms. The second-order valence-electron chi connectivity index (χ2n) is 8.92. The van der Waals surface area contributed by atoms with Gasteiger partial charge in [-0.25, -0.2) is 9.69 Å². The van der Waals surface area contributed by atoms with Crippen LogP contribution in [0.5, 0.6) is 23.0 Å². The summed E-state index contributed by atoms with van der Waals surface area (Å²) in [6.07, 6.45) is 1.41. The van der Waals surface area contributed by atoms with Crippen LogP contribution in [0, 0.1) is 6.92 Å². The van der Waals surface area contributed by atoms with E-state index in [4.69, 9.17) is 23.7 Å². The van der Waals surface area contributed by atoms with E-state index < -0.39 is 17.8 Å². The van der Waals surface area contributed by atoms with Crippen molar-refractivity contribution < 1.29 is 38.1 Å². The number of carbonyl (C=O) groups excluding carboxylic acids is 3. The highest BCUT2D eigenvalue weighted by atomic mass is 16.6. The van der Waals surface area contributed by atoms with E-state index in [1.165, 1.54) is 18.7 Å². The zero-order chi connectivity index (χ0) is 29.2. The SMILES string of the molecule is CCOc1cc(/C=C2/C(=O)NC(=O)N(c3ccc(OC)cc3)C2=O)ccc1OCCOCCOc1ccc(C)cc1. The Balaban J connectivity index is 1.37. The molecule has 4 rings (SSSR count). The molecule has 0 bridgehead atoms. The molecule has 214 valence electrons. The van der Waals surface area contributed by atoms with Crippen LogP contribution in [-0.2, 0) is 14.3 Å². The quantitative estimate of drug-likeness (QED) is 0.184. The topological polar surface area (TPSA) is 113 Å². The molecule has 1 heterocycles. The van der Waals surface area contributed by atoms with Crippen LogP contribution in [-0.4, -0.2) is 58.0 Å². The van der Waals surface area contributed by atoms with Crippen LogP contribution in [0.2, 0.25) is 0 Å². The molecule has 0 atom stereocenters. The van der Waals surface area contributed by atoms with E-state index in [9.17, 15) is 14.4 Å². The number of amides is 4. The number of hydrogen-bond acceptors (Lipinski definition) is 8. The Morgan fingerprint density at radius 3 is 2.15 bits per heavy atom. The number of anilines is 1. The van der Waals surface area contributed by atoms with E-state index in [2.05, 4.69) is 5.32 Å². The van der Waals surface area contributed by atoms with Crippen LogP contribution < -0.4 is 29.2 Å². The number of imide groups is 2. The molecule has 10 heteroatoms. The second-order valence-corrected chi connectivity index (χ2v) is 8.92. The number of methoxy groups -OCH3 is 1. The first-order valence-electron chi connectivity index (χ1n) is 13.1. The fourth-order valence-corrected chi connectivity index (χ4v) is 3.96. The lowest BCUT2D eigenvalue weighted by Gasteiger charge is -2.26. The highest BCUT2D eigenvalue weighted by Crippen LogP contribution is 2.30. The molecule has 0 saturated carbocycles. The number of rotatable bonds is 13. The molecule has 0 aliphatic carbocycles. The van der Waals surface area contributed by atoms with Crippen LogP contribution in [0.15, 0.2) is 72.3 Å². The summed E-state index contributed by atoms with van der Waals surface area (Å²) < 4.78 is 27.9.